The van der Waals surface area contributed by atoms with Gasteiger partial charge >= 0.3 is 0 Å². The van der Waals surface area contributed by atoms with E-state index >= 15 is 0 Å². The summed E-state index contributed by atoms with van der Waals surface area (Å²) in [6, 6.07) is 2.63. The summed E-state index contributed by atoms with van der Waals surface area (Å²) >= 11 is 0. The van der Waals surface area contributed by atoms with Crippen molar-refractivity contribution in [3.8, 4) is 5.75 Å². The van der Waals surface area contributed by atoms with Crippen LogP contribution in [0, 0.1) is 11.6 Å². The fourth-order valence-corrected chi connectivity index (χ4v) is 1.03. The largest absolute Gasteiger partial charge is 0.491 e. The van der Waals surface area contributed by atoms with Crippen molar-refractivity contribution >= 4 is 0 Å². The molecule has 1 aromatic carbocycles. The van der Waals surface area contributed by atoms with Gasteiger partial charge in [0.25, 0.3) is 0 Å². The number of benzene rings is 1. The van der Waals surface area contributed by atoms with Crippen molar-refractivity contribution in [2.75, 3.05) is 7.11 Å². The Morgan fingerprint density at radius 3 is 1.94 bits per heavy atom. The Hall–Kier alpha value is -1.12. The van der Waals surface area contributed by atoms with Crippen LogP contribution < -0.4 is 4.74 Å². The molecule has 1 aromatic rings. The van der Waals surface area contributed by atoms with E-state index in [-0.39, 0.29) is 5.75 Å². The third-order valence-electron chi connectivity index (χ3n) is 1.71. The minimum atomic E-state index is -0.660. The SMILES string of the molecule is CC.CC.CCc1ccc(F)c(OC)c1F. The zero-order valence-corrected chi connectivity index (χ0v) is 11.0. The summed E-state index contributed by atoms with van der Waals surface area (Å²) in [7, 11) is 1.25. The predicted molar refractivity (Wildman–Crippen MR) is 65.0 cm³/mol. The van der Waals surface area contributed by atoms with Gasteiger partial charge in [-0.3, -0.25) is 0 Å². The van der Waals surface area contributed by atoms with Gasteiger partial charge in [0.15, 0.2) is 17.4 Å². The van der Waals surface area contributed by atoms with Crippen molar-refractivity contribution in [1.29, 1.82) is 0 Å². The van der Waals surface area contributed by atoms with Crippen molar-refractivity contribution in [2.24, 2.45) is 0 Å². The normalized spacial score (nSPS) is 8.25. The topological polar surface area (TPSA) is 9.23 Å². The zero-order valence-electron chi connectivity index (χ0n) is 11.0. The van der Waals surface area contributed by atoms with Crippen molar-refractivity contribution in [2.45, 2.75) is 41.0 Å². The zero-order chi connectivity index (χ0) is 13.1. The first kappa shape index (κ1) is 17.3. The molecule has 1 rings (SSSR count). The first-order valence-corrected chi connectivity index (χ1v) is 5.71. The highest BCUT2D eigenvalue weighted by Crippen LogP contribution is 2.24. The van der Waals surface area contributed by atoms with Gasteiger partial charge in [0.2, 0.25) is 0 Å². The fraction of sp³-hybridized carbons (Fsp3) is 0.538. The fourth-order valence-electron chi connectivity index (χ4n) is 1.03. The molecule has 0 heterocycles. The molecule has 3 heteroatoms. The summed E-state index contributed by atoms with van der Waals surface area (Å²) in [5, 5.41) is 0. The van der Waals surface area contributed by atoms with Crippen LogP contribution in [0.5, 0.6) is 5.75 Å². The lowest BCUT2D eigenvalue weighted by Gasteiger charge is -2.05. The first-order valence-electron chi connectivity index (χ1n) is 5.71. The van der Waals surface area contributed by atoms with Gasteiger partial charge in [-0.15, -0.1) is 0 Å². The Morgan fingerprint density at radius 2 is 1.56 bits per heavy atom. The minimum absolute atomic E-state index is 0.297. The molecule has 0 aromatic heterocycles. The summed E-state index contributed by atoms with van der Waals surface area (Å²) in [5.74, 6) is -1.55. The van der Waals surface area contributed by atoms with E-state index in [0.717, 1.165) is 0 Å². The number of rotatable bonds is 2. The summed E-state index contributed by atoms with van der Waals surface area (Å²) in [5.41, 5.74) is 0.466. The summed E-state index contributed by atoms with van der Waals surface area (Å²) in [6.45, 7) is 9.80. The molecule has 0 N–H and O–H groups in total. The standard InChI is InChI=1S/C9H10F2O.2C2H6/c1-3-6-4-5-7(10)9(12-2)8(6)11;2*1-2/h4-5H,3H2,1-2H3;2*1-2H3. The second kappa shape index (κ2) is 10.4. The van der Waals surface area contributed by atoms with Crippen molar-refractivity contribution in [3.63, 3.8) is 0 Å². The molecular weight excluding hydrogens is 210 g/mol. The maximum absolute atomic E-state index is 13.2. The Balaban J connectivity index is 0. The van der Waals surface area contributed by atoms with Gasteiger partial charge in [0.1, 0.15) is 0 Å². The number of methoxy groups -OCH3 is 1. The van der Waals surface area contributed by atoms with E-state index in [1.165, 1.54) is 19.2 Å². The Morgan fingerprint density at radius 1 is 1.06 bits per heavy atom. The van der Waals surface area contributed by atoms with Crippen molar-refractivity contribution in [1.82, 2.24) is 0 Å². The Bertz CT molecular complexity index is 286. The van der Waals surface area contributed by atoms with E-state index in [4.69, 9.17) is 0 Å². The lowest BCUT2D eigenvalue weighted by atomic mass is 10.1. The van der Waals surface area contributed by atoms with Crippen LogP contribution in [0.3, 0.4) is 0 Å². The molecule has 0 unspecified atom stereocenters. The van der Waals surface area contributed by atoms with Crippen molar-refractivity contribution < 1.29 is 13.5 Å². The van der Waals surface area contributed by atoms with Crippen LogP contribution in [0.4, 0.5) is 8.78 Å². The van der Waals surface area contributed by atoms with Crippen molar-refractivity contribution in [3.05, 3.63) is 29.3 Å². The molecule has 0 aliphatic rings. The summed E-state index contributed by atoms with van der Waals surface area (Å²) < 4.78 is 30.5. The van der Waals surface area contributed by atoms with Crippen LogP contribution in [-0.2, 0) is 6.42 Å². The van der Waals surface area contributed by atoms with E-state index in [1.54, 1.807) is 6.92 Å². The lowest BCUT2D eigenvalue weighted by molar-refractivity contribution is 0.358. The number of hydrogen-bond donors (Lipinski definition) is 0. The molecule has 0 spiro atoms. The highest BCUT2D eigenvalue weighted by Gasteiger charge is 2.12. The van der Waals surface area contributed by atoms with Crippen LogP contribution >= 0.6 is 0 Å². The first-order chi connectivity index (χ1) is 7.70. The average molecular weight is 232 g/mol. The molecule has 0 aliphatic carbocycles. The summed E-state index contributed by atoms with van der Waals surface area (Å²) in [4.78, 5) is 0. The molecular formula is C13H22F2O. The molecule has 0 bridgehead atoms. The van der Waals surface area contributed by atoms with Crippen LogP contribution in [-0.4, -0.2) is 7.11 Å². The predicted octanol–water partition coefficient (Wildman–Crippen LogP) is 4.59. The monoisotopic (exact) mass is 232 g/mol. The highest BCUT2D eigenvalue weighted by atomic mass is 19.1. The van der Waals surface area contributed by atoms with Gasteiger partial charge in [-0.25, -0.2) is 8.78 Å². The minimum Gasteiger partial charge on any atom is -0.491 e. The molecule has 0 saturated carbocycles. The van der Waals surface area contributed by atoms with E-state index in [0.29, 0.717) is 12.0 Å². The highest BCUT2D eigenvalue weighted by molar-refractivity contribution is 5.32. The lowest BCUT2D eigenvalue weighted by Crippen LogP contribution is -1.96. The van der Waals surface area contributed by atoms with Gasteiger partial charge < -0.3 is 4.74 Å². The molecule has 0 amide bonds. The van der Waals surface area contributed by atoms with Gasteiger partial charge in [-0.05, 0) is 18.1 Å². The third kappa shape index (κ3) is 4.60. The molecule has 0 fully saturated rings. The van der Waals surface area contributed by atoms with Gasteiger partial charge in [-0.2, -0.15) is 0 Å². The third-order valence-corrected chi connectivity index (χ3v) is 1.71. The Kier molecular flexibility index (Phi) is 11.2. The molecule has 0 radical (unpaired) electrons. The van der Waals surface area contributed by atoms with E-state index in [1.807, 2.05) is 27.7 Å². The second-order valence-electron chi connectivity index (χ2n) is 2.41. The molecule has 0 atom stereocenters. The molecule has 94 valence electrons. The quantitative estimate of drug-likeness (QED) is 0.724. The van der Waals surface area contributed by atoms with Crippen LogP contribution in [0.2, 0.25) is 0 Å². The van der Waals surface area contributed by atoms with Crippen LogP contribution in [0.1, 0.15) is 40.2 Å². The smallest absolute Gasteiger partial charge is 0.190 e. The maximum Gasteiger partial charge on any atom is 0.190 e. The summed E-state index contributed by atoms with van der Waals surface area (Å²) in [6.07, 6.45) is 0.530. The number of halogens is 2. The van der Waals surface area contributed by atoms with E-state index in [9.17, 15) is 8.78 Å². The molecule has 0 aliphatic heterocycles. The Labute approximate surface area is 97.4 Å². The number of aryl methyl sites for hydroxylation is 1. The number of ether oxygens (including phenoxy) is 1. The van der Waals surface area contributed by atoms with E-state index < -0.39 is 11.6 Å². The maximum atomic E-state index is 13.2. The van der Waals surface area contributed by atoms with Gasteiger partial charge in [-0.1, -0.05) is 40.7 Å². The molecule has 16 heavy (non-hydrogen) atoms. The molecule has 0 saturated heterocycles. The average Bonchev–Trinajstić information content (AvgIpc) is 2.35. The molecule has 1 nitrogen and oxygen atoms in total. The van der Waals surface area contributed by atoms with Crippen LogP contribution in [0.15, 0.2) is 12.1 Å². The van der Waals surface area contributed by atoms with Crippen LogP contribution in [0.25, 0.3) is 0 Å². The number of hydrogen-bond acceptors (Lipinski definition) is 1. The van der Waals surface area contributed by atoms with E-state index in [2.05, 4.69) is 4.74 Å². The second-order valence-corrected chi connectivity index (χ2v) is 2.41. The van der Waals surface area contributed by atoms with Gasteiger partial charge in [0.05, 0.1) is 7.11 Å². The van der Waals surface area contributed by atoms with Gasteiger partial charge in [0, 0.05) is 0 Å².